The molecule has 2 atom stereocenters. The fraction of sp³-hybridized carbons (Fsp3) is 0.360. The van der Waals surface area contributed by atoms with Crippen molar-refractivity contribution in [1.82, 2.24) is 10.2 Å². The van der Waals surface area contributed by atoms with E-state index < -0.39 is 65.7 Å². The maximum Gasteiger partial charge on any atom is 0.253 e. The van der Waals surface area contributed by atoms with Crippen LogP contribution in [0.5, 0.6) is 5.75 Å². The number of halogens is 4. The van der Waals surface area contributed by atoms with Crippen LogP contribution in [0.4, 0.5) is 17.6 Å². The Morgan fingerprint density at radius 2 is 1.72 bits per heavy atom. The Morgan fingerprint density at radius 1 is 1.06 bits per heavy atom. The smallest absolute Gasteiger partial charge is 0.253 e. The first kappa shape index (κ1) is 26.8. The molecular weight excluding hydrogens is 484 g/mol. The average molecular weight is 508 g/mol. The van der Waals surface area contributed by atoms with E-state index in [0.717, 1.165) is 0 Å². The lowest BCUT2D eigenvalue weighted by Gasteiger charge is -2.25. The number of rotatable bonds is 9. The number of nitrogens with zero attached hydrogens (tertiary/aromatic N) is 1. The van der Waals surface area contributed by atoms with Crippen LogP contribution in [0.1, 0.15) is 36.0 Å². The van der Waals surface area contributed by atoms with Gasteiger partial charge in [-0.1, -0.05) is 24.6 Å². The maximum atomic E-state index is 13.8. The minimum atomic E-state index is -1.82. The number of ether oxygens (including phenoxy) is 1. The van der Waals surface area contributed by atoms with E-state index in [1.54, 1.807) is 35.2 Å². The Morgan fingerprint density at radius 3 is 2.36 bits per heavy atom. The Kier molecular flexibility index (Phi) is 9.15. The molecule has 2 unspecified atom stereocenters. The van der Waals surface area contributed by atoms with Crippen LogP contribution >= 0.6 is 0 Å². The second kappa shape index (κ2) is 12.3. The van der Waals surface area contributed by atoms with Gasteiger partial charge in [-0.2, -0.15) is 8.78 Å². The molecule has 1 fully saturated rings. The molecule has 11 heteroatoms. The van der Waals surface area contributed by atoms with Crippen LogP contribution in [0.25, 0.3) is 0 Å². The van der Waals surface area contributed by atoms with Crippen molar-refractivity contribution in [2.24, 2.45) is 5.92 Å². The topological polar surface area (TPSA) is 92.8 Å². The number of carbonyl (C=O) groups excluding carboxylic acids is 4. The first-order valence-electron chi connectivity index (χ1n) is 11.3. The van der Waals surface area contributed by atoms with Gasteiger partial charge in [-0.05, 0) is 25.0 Å². The molecule has 0 saturated carbocycles. The monoisotopic (exact) mass is 508 g/mol. The standard InChI is InChI=1S/C25H24F4N2O5/c26-17-12-18(27)22(29)23(21(17)28)36-14-20(33)19(9-11-32)30-24(34)16-8-4-5-10-31(13-16)25(35)15-6-2-1-3-7-15/h1-3,6-7,11-12,16,19H,4-5,8-10,13-14H2,(H,30,34). The highest BCUT2D eigenvalue weighted by Crippen LogP contribution is 2.26. The van der Waals surface area contributed by atoms with E-state index >= 15 is 0 Å². The molecule has 7 nitrogen and oxygen atoms in total. The number of carbonyl (C=O) groups is 4. The predicted octanol–water partition coefficient (Wildman–Crippen LogP) is 3.21. The van der Waals surface area contributed by atoms with Crippen molar-refractivity contribution in [3.05, 3.63) is 65.2 Å². The molecule has 1 aliphatic heterocycles. The van der Waals surface area contributed by atoms with Crippen molar-refractivity contribution in [2.45, 2.75) is 31.7 Å². The summed E-state index contributed by atoms with van der Waals surface area (Å²) in [5, 5.41) is 2.43. The molecule has 36 heavy (non-hydrogen) atoms. The number of likely N-dealkylation sites (tertiary alicyclic amines) is 1. The minimum Gasteiger partial charge on any atom is -0.479 e. The van der Waals surface area contributed by atoms with Gasteiger partial charge in [-0.25, -0.2) is 8.78 Å². The molecule has 1 heterocycles. The van der Waals surface area contributed by atoms with Crippen molar-refractivity contribution >= 4 is 23.9 Å². The summed E-state index contributed by atoms with van der Waals surface area (Å²) in [5.74, 6) is -10.9. The largest absolute Gasteiger partial charge is 0.479 e. The zero-order chi connectivity index (χ0) is 26.2. The van der Waals surface area contributed by atoms with E-state index in [2.05, 4.69) is 10.1 Å². The average Bonchev–Trinajstić information content (AvgIpc) is 3.14. The fourth-order valence-electron chi connectivity index (χ4n) is 3.88. The number of hydrogen-bond donors (Lipinski definition) is 1. The quantitative estimate of drug-likeness (QED) is 0.319. The first-order valence-corrected chi connectivity index (χ1v) is 11.3. The Labute approximate surface area is 204 Å². The van der Waals surface area contributed by atoms with Gasteiger partial charge >= 0.3 is 0 Å². The van der Waals surface area contributed by atoms with Gasteiger partial charge in [0.25, 0.3) is 5.91 Å². The number of benzene rings is 2. The third-order valence-corrected chi connectivity index (χ3v) is 5.82. The number of hydrogen-bond acceptors (Lipinski definition) is 5. The van der Waals surface area contributed by atoms with Gasteiger partial charge in [0, 0.05) is 31.1 Å². The maximum absolute atomic E-state index is 13.8. The van der Waals surface area contributed by atoms with Crippen LogP contribution in [-0.4, -0.2) is 54.5 Å². The number of nitrogens with one attached hydrogen (secondary N) is 1. The Hall–Kier alpha value is -3.76. The molecule has 0 aromatic heterocycles. The Bertz CT molecular complexity index is 1100. The summed E-state index contributed by atoms with van der Waals surface area (Å²) in [6.07, 6.45) is 1.66. The second-order valence-electron chi connectivity index (χ2n) is 8.33. The van der Waals surface area contributed by atoms with Crippen molar-refractivity contribution in [3.8, 4) is 5.75 Å². The SMILES string of the molecule is O=CCC(NC(=O)C1CCCCN(C(=O)c2ccccc2)C1)C(=O)COc1c(F)c(F)cc(F)c1F. The molecule has 1 N–H and O–H groups in total. The van der Waals surface area contributed by atoms with E-state index in [-0.39, 0.29) is 18.5 Å². The van der Waals surface area contributed by atoms with E-state index in [1.807, 2.05) is 0 Å². The van der Waals surface area contributed by atoms with Gasteiger partial charge in [0.2, 0.25) is 17.5 Å². The van der Waals surface area contributed by atoms with Crippen LogP contribution in [0.3, 0.4) is 0 Å². The normalized spacial score (nSPS) is 16.6. The van der Waals surface area contributed by atoms with Crippen LogP contribution in [0.15, 0.2) is 36.4 Å². The summed E-state index contributed by atoms with van der Waals surface area (Å²) in [4.78, 5) is 51.0. The van der Waals surface area contributed by atoms with Crippen LogP contribution in [0, 0.1) is 29.2 Å². The third kappa shape index (κ3) is 6.46. The summed E-state index contributed by atoms with van der Waals surface area (Å²) in [6.45, 7) is -0.515. The highest BCUT2D eigenvalue weighted by atomic mass is 19.2. The molecule has 0 radical (unpaired) electrons. The lowest BCUT2D eigenvalue weighted by Crippen LogP contribution is -2.48. The van der Waals surface area contributed by atoms with Gasteiger partial charge in [0.1, 0.15) is 12.9 Å². The van der Waals surface area contributed by atoms with Crippen LogP contribution in [0.2, 0.25) is 0 Å². The summed E-state index contributed by atoms with van der Waals surface area (Å²) in [6, 6.07) is 7.14. The lowest BCUT2D eigenvalue weighted by molar-refractivity contribution is -0.132. The minimum absolute atomic E-state index is 0.00661. The van der Waals surface area contributed by atoms with E-state index in [4.69, 9.17) is 0 Å². The summed E-state index contributed by atoms with van der Waals surface area (Å²) in [5.41, 5.74) is 0.470. The van der Waals surface area contributed by atoms with Gasteiger partial charge in [-0.3, -0.25) is 14.4 Å². The molecule has 1 aliphatic rings. The summed E-state index contributed by atoms with van der Waals surface area (Å²) >= 11 is 0. The van der Waals surface area contributed by atoms with Crippen molar-refractivity contribution < 1.29 is 41.5 Å². The van der Waals surface area contributed by atoms with E-state index in [9.17, 15) is 36.7 Å². The number of ketones is 1. The van der Waals surface area contributed by atoms with E-state index in [0.29, 0.717) is 37.7 Å². The van der Waals surface area contributed by atoms with Gasteiger partial charge in [-0.15, -0.1) is 0 Å². The molecular formula is C25H24F4N2O5. The molecule has 2 amide bonds. The van der Waals surface area contributed by atoms with Crippen molar-refractivity contribution in [3.63, 3.8) is 0 Å². The molecule has 2 aromatic carbocycles. The lowest BCUT2D eigenvalue weighted by atomic mass is 10.0. The fourth-order valence-corrected chi connectivity index (χ4v) is 3.88. The molecule has 0 aliphatic carbocycles. The molecule has 0 bridgehead atoms. The van der Waals surface area contributed by atoms with Gasteiger partial charge in [0.15, 0.2) is 23.2 Å². The molecule has 3 rings (SSSR count). The first-order chi connectivity index (χ1) is 17.2. The number of aldehydes is 1. The third-order valence-electron chi connectivity index (χ3n) is 5.82. The van der Waals surface area contributed by atoms with Crippen LogP contribution in [-0.2, 0) is 14.4 Å². The van der Waals surface area contributed by atoms with Gasteiger partial charge in [0.05, 0.1) is 12.0 Å². The predicted molar refractivity (Wildman–Crippen MR) is 119 cm³/mol. The number of Topliss-reactive ketones (excluding diaryl/α,β-unsaturated/α-hetero) is 1. The zero-order valence-electron chi connectivity index (χ0n) is 19.1. The molecule has 2 aromatic rings. The second-order valence-corrected chi connectivity index (χ2v) is 8.33. The molecule has 1 saturated heterocycles. The summed E-state index contributed by atoms with van der Waals surface area (Å²) in [7, 11) is 0. The van der Waals surface area contributed by atoms with Crippen LogP contribution < -0.4 is 10.1 Å². The summed E-state index contributed by atoms with van der Waals surface area (Å²) < 4.78 is 58.9. The van der Waals surface area contributed by atoms with Crippen molar-refractivity contribution in [1.29, 1.82) is 0 Å². The molecule has 192 valence electrons. The molecule has 0 spiro atoms. The zero-order valence-corrected chi connectivity index (χ0v) is 19.1. The Balaban J connectivity index is 1.66. The highest BCUT2D eigenvalue weighted by molar-refractivity contribution is 5.95. The number of amides is 2. The van der Waals surface area contributed by atoms with Gasteiger partial charge < -0.3 is 19.7 Å². The van der Waals surface area contributed by atoms with E-state index in [1.165, 1.54) is 0 Å². The van der Waals surface area contributed by atoms with Crippen molar-refractivity contribution in [2.75, 3.05) is 19.7 Å². The highest BCUT2D eigenvalue weighted by Gasteiger charge is 2.31.